The Hall–Kier alpha value is -3.41. The number of aromatic nitrogens is 1. The van der Waals surface area contributed by atoms with Crippen LogP contribution < -0.4 is 9.47 Å². The van der Waals surface area contributed by atoms with Crippen molar-refractivity contribution in [1.82, 2.24) is 4.98 Å². The fraction of sp³-hybridized carbons (Fsp3) is 0.438. The second kappa shape index (κ2) is 10.8. The van der Waals surface area contributed by atoms with Crippen molar-refractivity contribution in [2.24, 2.45) is 5.41 Å². The fourth-order valence-electron chi connectivity index (χ4n) is 6.33. The van der Waals surface area contributed by atoms with Gasteiger partial charge in [0.2, 0.25) is 5.88 Å². The van der Waals surface area contributed by atoms with Crippen molar-refractivity contribution in [3.63, 3.8) is 0 Å². The Labute approximate surface area is 224 Å². The normalized spacial score (nSPS) is 20.4. The lowest BCUT2D eigenvalue weighted by Gasteiger charge is -2.30. The first-order valence-corrected chi connectivity index (χ1v) is 13.6. The number of rotatable bonds is 7. The number of carboxylic acids is 1. The Bertz CT molecular complexity index is 1340. The van der Waals surface area contributed by atoms with Crippen LogP contribution >= 0.6 is 0 Å². The second-order valence-corrected chi connectivity index (χ2v) is 11.3. The molecule has 2 atom stereocenters. The third kappa shape index (κ3) is 5.27. The van der Waals surface area contributed by atoms with Gasteiger partial charge >= 0.3 is 5.97 Å². The van der Waals surface area contributed by atoms with Crippen molar-refractivity contribution < 1.29 is 23.8 Å². The molecule has 0 amide bonds. The highest BCUT2D eigenvalue weighted by atomic mass is 19.1. The maximum atomic E-state index is 15.0. The SMILES string of the molecule is COc1cc(-c2ccc(COc3ccc4c(c3)C(C(=O)O)CCCC4)cc2C2CCCC2(C)C)c(F)cn1. The van der Waals surface area contributed by atoms with E-state index in [2.05, 4.69) is 24.9 Å². The first kappa shape index (κ1) is 26.2. The summed E-state index contributed by atoms with van der Waals surface area (Å²) in [4.78, 5) is 15.9. The lowest BCUT2D eigenvalue weighted by atomic mass is 9.75. The predicted molar refractivity (Wildman–Crippen MR) is 145 cm³/mol. The van der Waals surface area contributed by atoms with Crippen LogP contribution in [0.3, 0.4) is 0 Å². The number of pyridine rings is 1. The number of benzene rings is 2. The first-order chi connectivity index (χ1) is 18.3. The Morgan fingerprint density at radius 1 is 1.05 bits per heavy atom. The van der Waals surface area contributed by atoms with Crippen molar-refractivity contribution in [3.8, 4) is 22.8 Å². The maximum absolute atomic E-state index is 15.0. The number of fused-ring (bicyclic) bond motifs is 1. The third-order valence-electron chi connectivity index (χ3n) is 8.46. The van der Waals surface area contributed by atoms with Crippen LogP contribution in [0.15, 0.2) is 48.7 Å². The molecular formula is C32H36FNO4. The van der Waals surface area contributed by atoms with Gasteiger partial charge in [0, 0.05) is 11.6 Å². The lowest BCUT2D eigenvalue weighted by Crippen LogP contribution is -2.17. The summed E-state index contributed by atoms with van der Waals surface area (Å²) >= 11 is 0. The molecule has 38 heavy (non-hydrogen) atoms. The van der Waals surface area contributed by atoms with Gasteiger partial charge < -0.3 is 14.6 Å². The molecule has 6 heteroatoms. The molecule has 1 N–H and O–H groups in total. The van der Waals surface area contributed by atoms with Crippen molar-refractivity contribution >= 4 is 5.97 Å². The summed E-state index contributed by atoms with van der Waals surface area (Å²) in [6.07, 6.45) is 8.01. The quantitative estimate of drug-likeness (QED) is 0.326. The zero-order valence-electron chi connectivity index (χ0n) is 22.4. The third-order valence-corrected chi connectivity index (χ3v) is 8.46. The summed E-state index contributed by atoms with van der Waals surface area (Å²) in [5.41, 5.74) is 5.55. The highest BCUT2D eigenvalue weighted by Gasteiger charge is 2.37. The summed E-state index contributed by atoms with van der Waals surface area (Å²) in [6.45, 7) is 4.92. The molecule has 200 valence electrons. The number of hydrogen-bond donors (Lipinski definition) is 1. The van der Waals surface area contributed by atoms with Gasteiger partial charge in [-0.15, -0.1) is 0 Å². The Morgan fingerprint density at radius 3 is 2.63 bits per heavy atom. The zero-order chi connectivity index (χ0) is 26.9. The van der Waals surface area contributed by atoms with Crippen LogP contribution in [0.2, 0.25) is 0 Å². The number of methoxy groups -OCH3 is 1. The minimum atomic E-state index is -0.773. The van der Waals surface area contributed by atoms with Gasteiger partial charge in [-0.05, 0) is 83.4 Å². The average Bonchev–Trinajstić information content (AvgIpc) is 3.12. The molecule has 1 heterocycles. The predicted octanol–water partition coefficient (Wildman–Crippen LogP) is 7.66. The van der Waals surface area contributed by atoms with Gasteiger partial charge in [0.15, 0.2) is 0 Å². The highest BCUT2D eigenvalue weighted by molar-refractivity contribution is 5.77. The van der Waals surface area contributed by atoms with E-state index < -0.39 is 11.9 Å². The van der Waals surface area contributed by atoms with E-state index in [0.29, 0.717) is 36.1 Å². The Morgan fingerprint density at radius 2 is 1.89 bits per heavy atom. The molecule has 5 rings (SSSR count). The van der Waals surface area contributed by atoms with Crippen LogP contribution in [0.25, 0.3) is 11.1 Å². The van der Waals surface area contributed by atoms with Crippen LogP contribution in [0.1, 0.15) is 86.5 Å². The molecule has 0 aliphatic heterocycles. The largest absolute Gasteiger partial charge is 0.489 e. The van der Waals surface area contributed by atoms with Crippen molar-refractivity contribution in [3.05, 3.63) is 76.7 Å². The number of aryl methyl sites for hydroxylation is 1. The van der Waals surface area contributed by atoms with Gasteiger partial charge in [0.25, 0.3) is 0 Å². The van der Waals surface area contributed by atoms with Crippen LogP contribution in [0.4, 0.5) is 4.39 Å². The monoisotopic (exact) mass is 517 g/mol. The molecule has 1 fully saturated rings. The number of nitrogens with zero attached hydrogens (tertiary/aromatic N) is 1. The van der Waals surface area contributed by atoms with E-state index in [4.69, 9.17) is 9.47 Å². The van der Waals surface area contributed by atoms with E-state index in [9.17, 15) is 14.3 Å². The molecule has 2 unspecified atom stereocenters. The van der Waals surface area contributed by atoms with Gasteiger partial charge in [-0.3, -0.25) is 4.79 Å². The second-order valence-electron chi connectivity index (χ2n) is 11.3. The minimum absolute atomic E-state index is 0.102. The molecule has 0 bridgehead atoms. The van der Waals surface area contributed by atoms with Gasteiger partial charge in [-0.2, -0.15) is 0 Å². The zero-order valence-corrected chi connectivity index (χ0v) is 22.4. The van der Waals surface area contributed by atoms with Gasteiger partial charge in [-0.25, -0.2) is 9.37 Å². The van der Waals surface area contributed by atoms with E-state index in [-0.39, 0.29) is 11.2 Å². The summed E-state index contributed by atoms with van der Waals surface area (Å²) in [5, 5.41) is 9.78. The lowest BCUT2D eigenvalue weighted by molar-refractivity contribution is -0.139. The van der Waals surface area contributed by atoms with Crippen LogP contribution in [-0.4, -0.2) is 23.2 Å². The van der Waals surface area contributed by atoms with E-state index in [1.165, 1.54) is 13.3 Å². The van der Waals surface area contributed by atoms with E-state index >= 15 is 0 Å². The average molecular weight is 518 g/mol. The molecule has 1 saturated carbocycles. The molecule has 2 aliphatic rings. The van der Waals surface area contributed by atoms with E-state index in [0.717, 1.165) is 66.3 Å². The smallest absolute Gasteiger partial charge is 0.310 e. The topological polar surface area (TPSA) is 68.7 Å². The molecule has 0 spiro atoms. The van der Waals surface area contributed by atoms with Crippen LogP contribution in [0.5, 0.6) is 11.6 Å². The van der Waals surface area contributed by atoms with Crippen molar-refractivity contribution in [2.75, 3.05) is 7.11 Å². The summed E-state index contributed by atoms with van der Waals surface area (Å²) in [6, 6.07) is 13.7. The molecule has 2 aromatic carbocycles. The molecule has 3 aromatic rings. The van der Waals surface area contributed by atoms with Gasteiger partial charge in [-0.1, -0.05) is 51.0 Å². The number of aliphatic carboxylic acids is 1. The van der Waals surface area contributed by atoms with E-state index in [1.54, 1.807) is 6.07 Å². The fourth-order valence-corrected chi connectivity index (χ4v) is 6.33. The molecule has 0 radical (unpaired) electrons. The molecule has 1 aromatic heterocycles. The number of carbonyl (C=O) groups is 1. The summed E-state index contributed by atoms with van der Waals surface area (Å²) in [5.74, 6) is -0.282. The van der Waals surface area contributed by atoms with E-state index in [1.807, 2.05) is 30.3 Å². The van der Waals surface area contributed by atoms with Crippen molar-refractivity contribution in [2.45, 2.75) is 77.2 Å². The Kier molecular flexibility index (Phi) is 7.42. The molecule has 2 aliphatic carbocycles. The summed E-state index contributed by atoms with van der Waals surface area (Å²) in [7, 11) is 1.53. The van der Waals surface area contributed by atoms with Crippen LogP contribution in [-0.2, 0) is 17.8 Å². The van der Waals surface area contributed by atoms with Gasteiger partial charge in [0.05, 0.1) is 19.2 Å². The number of carboxylic acid groups (broad SMARTS) is 1. The number of halogens is 1. The molecular weight excluding hydrogens is 481 g/mol. The maximum Gasteiger partial charge on any atom is 0.310 e. The number of hydrogen-bond acceptors (Lipinski definition) is 4. The minimum Gasteiger partial charge on any atom is -0.489 e. The molecule has 5 nitrogen and oxygen atoms in total. The van der Waals surface area contributed by atoms with Gasteiger partial charge in [0.1, 0.15) is 18.2 Å². The van der Waals surface area contributed by atoms with Crippen molar-refractivity contribution in [1.29, 1.82) is 0 Å². The van der Waals surface area contributed by atoms with Crippen LogP contribution in [0, 0.1) is 11.2 Å². The Balaban J connectivity index is 1.47. The number of ether oxygens (including phenoxy) is 2. The summed E-state index contributed by atoms with van der Waals surface area (Å²) < 4.78 is 26.5. The standard InChI is InChI=1S/C32H36FNO4/c1-32(2)14-6-9-28(32)26-15-20(10-13-23(26)27-17-30(37-3)34-18-29(27)33)19-38-22-12-11-21-7-4-5-8-24(31(35)36)25(21)16-22/h10-13,15-18,24,28H,4-9,14,19H2,1-3H3,(H,35,36). The highest BCUT2D eigenvalue weighted by Crippen LogP contribution is 2.51. The molecule has 0 saturated heterocycles. The first-order valence-electron chi connectivity index (χ1n) is 13.6.